The summed E-state index contributed by atoms with van der Waals surface area (Å²) in [5, 5.41) is 19.0. The predicted molar refractivity (Wildman–Crippen MR) is 150 cm³/mol. The number of amides is 1. The van der Waals surface area contributed by atoms with Crippen LogP contribution in [0, 0.1) is 0 Å². The number of aromatic amines is 1. The van der Waals surface area contributed by atoms with Crippen LogP contribution in [0.15, 0.2) is 53.8 Å². The second-order valence-corrected chi connectivity index (χ2v) is 10.4. The van der Waals surface area contributed by atoms with Gasteiger partial charge in [0.2, 0.25) is 5.91 Å². The van der Waals surface area contributed by atoms with Gasteiger partial charge in [-0.05, 0) is 35.7 Å². The predicted octanol–water partition coefficient (Wildman–Crippen LogP) is 5.32. The molecule has 0 aliphatic rings. The third-order valence-electron chi connectivity index (χ3n) is 5.95. The number of hydrogen-bond acceptors (Lipinski definition) is 6. The molecule has 0 unspecified atom stereocenters. The topological polar surface area (TPSA) is 131 Å². The van der Waals surface area contributed by atoms with Gasteiger partial charge in [0, 0.05) is 23.8 Å². The summed E-state index contributed by atoms with van der Waals surface area (Å²) in [6, 6.07) is 7.89. The average Bonchev–Trinajstić information content (AvgIpc) is 3.49. The molecule has 3 heterocycles. The number of carbonyl (C=O) groups is 1. The van der Waals surface area contributed by atoms with Crippen LogP contribution in [0.3, 0.4) is 0 Å². The fourth-order valence-electron chi connectivity index (χ4n) is 4.20. The lowest BCUT2D eigenvalue weighted by molar-refractivity contribution is -0.116. The number of benzene rings is 2. The summed E-state index contributed by atoms with van der Waals surface area (Å²) in [6.07, 6.45) is 4.95. The number of hydrogen-bond donors (Lipinski definition) is 3. The maximum atomic E-state index is 13.2. The maximum absolute atomic E-state index is 13.2. The van der Waals surface area contributed by atoms with Crippen LogP contribution < -0.4 is 10.9 Å². The lowest BCUT2D eigenvalue weighted by Crippen LogP contribution is -2.18. The van der Waals surface area contributed by atoms with E-state index in [4.69, 9.17) is 39.8 Å². The van der Waals surface area contributed by atoms with Crippen LogP contribution in [-0.4, -0.2) is 40.3 Å². The molecule has 0 saturated heterocycles. The molecular formula is C26H22Cl3N7O3. The quantitative estimate of drug-likeness (QED) is 0.221. The summed E-state index contributed by atoms with van der Waals surface area (Å²) in [4.78, 5) is 36.9. The van der Waals surface area contributed by atoms with Crippen molar-refractivity contribution in [2.45, 2.75) is 32.7 Å². The molecule has 5 aromatic rings. The van der Waals surface area contributed by atoms with E-state index in [-0.39, 0.29) is 57.5 Å². The van der Waals surface area contributed by atoms with E-state index in [0.717, 1.165) is 0 Å². The van der Waals surface area contributed by atoms with E-state index in [2.05, 4.69) is 20.4 Å². The lowest BCUT2D eigenvalue weighted by atomic mass is 10.1. The van der Waals surface area contributed by atoms with Crippen LogP contribution in [0.1, 0.15) is 36.8 Å². The zero-order chi connectivity index (χ0) is 27.8. The Bertz CT molecular complexity index is 1740. The van der Waals surface area contributed by atoms with E-state index in [1.54, 1.807) is 41.2 Å². The number of H-pyrrole nitrogens is 1. The number of anilines is 1. The van der Waals surface area contributed by atoms with Gasteiger partial charge in [-0.1, -0.05) is 54.7 Å². The van der Waals surface area contributed by atoms with E-state index in [1.807, 2.05) is 13.8 Å². The molecule has 0 saturated carbocycles. The van der Waals surface area contributed by atoms with Crippen molar-refractivity contribution in [1.29, 1.82) is 0 Å². The molecule has 0 bridgehead atoms. The second-order valence-electron chi connectivity index (χ2n) is 9.19. The fourth-order valence-corrected chi connectivity index (χ4v) is 5.18. The van der Waals surface area contributed by atoms with Gasteiger partial charge in [-0.15, -0.1) is 0 Å². The van der Waals surface area contributed by atoms with Crippen molar-refractivity contribution in [3.63, 3.8) is 0 Å². The fraction of sp³-hybridized carbons (Fsp3) is 0.192. The number of aromatic hydroxyl groups is 1. The average molecular weight is 587 g/mol. The van der Waals surface area contributed by atoms with E-state index < -0.39 is 0 Å². The highest BCUT2D eigenvalue weighted by Crippen LogP contribution is 2.35. The Kier molecular flexibility index (Phi) is 7.35. The third kappa shape index (κ3) is 5.49. The molecule has 10 nitrogen and oxygen atoms in total. The summed E-state index contributed by atoms with van der Waals surface area (Å²) >= 11 is 19.0. The molecule has 200 valence electrons. The molecule has 2 aromatic carbocycles. The molecule has 0 spiro atoms. The number of halogens is 3. The van der Waals surface area contributed by atoms with Crippen LogP contribution in [0.2, 0.25) is 15.1 Å². The van der Waals surface area contributed by atoms with Crippen LogP contribution in [0.4, 0.5) is 5.69 Å². The molecule has 3 N–H and O–H groups in total. The van der Waals surface area contributed by atoms with Gasteiger partial charge in [0.1, 0.15) is 29.2 Å². The molecule has 39 heavy (non-hydrogen) atoms. The molecule has 1 amide bonds. The van der Waals surface area contributed by atoms with Crippen LogP contribution in [0.25, 0.3) is 16.7 Å². The SMILES string of the molecule is CC(C)c1nn(-c2c(Cl)cc(Cl)cc2Cl)c2nc(Cc3ccc(NC(=O)Cn4ccnc4)c(O)c3)[nH]c(=O)c12. The van der Waals surface area contributed by atoms with Crippen molar-refractivity contribution in [2.75, 3.05) is 5.32 Å². The standard InChI is InChI=1S/C26H22Cl3N7O3/c1-13(2)23-22-25(36(34-23)24-16(28)9-15(27)10-17(24)29)32-20(33-26(22)39)8-14-3-4-18(19(37)7-14)31-21(38)11-35-6-5-30-12-35/h3-7,9-10,12-13,37H,8,11H2,1-2H3,(H,31,38)(H,32,33,39). The first kappa shape index (κ1) is 26.7. The monoisotopic (exact) mass is 585 g/mol. The zero-order valence-electron chi connectivity index (χ0n) is 20.7. The minimum Gasteiger partial charge on any atom is -0.506 e. The molecule has 0 aliphatic heterocycles. The van der Waals surface area contributed by atoms with Gasteiger partial charge < -0.3 is 20.0 Å². The Morgan fingerprint density at radius 2 is 1.90 bits per heavy atom. The third-order valence-corrected chi connectivity index (χ3v) is 6.74. The van der Waals surface area contributed by atoms with Gasteiger partial charge >= 0.3 is 0 Å². The number of phenolic OH excluding ortho intramolecular Hbond substituents is 1. The van der Waals surface area contributed by atoms with Crippen molar-refractivity contribution >= 4 is 57.4 Å². The number of nitrogens with zero attached hydrogens (tertiary/aromatic N) is 5. The van der Waals surface area contributed by atoms with Crippen molar-refractivity contribution in [1.82, 2.24) is 29.3 Å². The molecule has 5 rings (SSSR count). The van der Waals surface area contributed by atoms with Gasteiger partial charge in [0.15, 0.2) is 5.65 Å². The first-order valence-electron chi connectivity index (χ1n) is 11.8. The number of phenols is 1. The summed E-state index contributed by atoms with van der Waals surface area (Å²) < 4.78 is 3.07. The number of imidazole rings is 1. The second kappa shape index (κ2) is 10.7. The molecule has 0 aliphatic carbocycles. The highest BCUT2D eigenvalue weighted by Gasteiger charge is 2.23. The summed E-state index contributed by atoms with van der Waals surface area (Å²) in [7, 11) is 0. The smallest absolute Gasteiger partial charge is 0.262 e. The highest BCUT2D eigenvalue weighted by molar-refractivity contribution is 6.40. The Labute approximate surface area is 237 Å². The van der Waals surface area contributed by atoms with Crippen molar-refractivity contribution < 1.29 is 9.90 Å². The minimum absolute atomic E-state index is 0.0556. The number of carbonyl (C=O) groups excluding carboxylic acids is 1. The first-order chi connectivity index (χ1) is 18.6. The van der Waals surface area contributed by atoms with E-state index in [0.29, 0.717) is 33.2 Å². The van der Waals surface area contributed by atoms with Crippen molar-refractivity contribution in [2.24, 2.45) is 0 Å². The Hall–Kier alpha value is -3.86. The van der Waals surface area contributed by atoms with Gasteiger partial charge in [-0.25, -0.2) is 14.6 Å². The van der Waals surface area contributed by atoms with E-state index in [9.17, 15) is 14.7 Å². The van der Waals surface area contributed by atoms with Gasteiger partial charge in [-0.3, -0.25) is 9.59 Å². The van der Waals surface area contributed by atoms with Crippen molar-refractivity contribution in [3.05, 3.63) is 91.6 Å². The lowest BCUT2D eigenvalue weighted by Gasteiger charge is -2.10. The molecular weight excluding hydrogens is 565 g/mol. The molecule has 0 fully saturated rings. The highest BCUT2D eigenvalue weighted by atomic mass is 35.5. The normalized spacial score (nSPS) is 11.4. The minimum atomic E-state index is -0.362. The molecule has 0 atom stereocenters. The maximum Gasteiger partial charge on any atom is 0.262 e. The Morgan fingerprint density at radius 1 is 1.15 bits per heavy atom. The van der Waals surface area contributed by atoms with E-state index in [1.165, 1.54) is 17.1 Å². The zero-order valence-corrected chi connectivity index (χ0v) is 23.0. The molecule has 0 radical (unpaired) electrons. The van der Waals surface area contributed by atoms with Crippen LogP contribution in [-0.2, 0) is 17.8 Å². The summed E-state index contributed by atoms with van der Waals surface area (Å²) in [5.74, 6) is -0.190. The number of rotatable bonds is 7. The Balaban J connectivity index is 1.49. The van der Waals surface area contributed by atoms with Gasteiger partial charge in [0.05, 0.1) is 27.8 Å². The first-order valence-corrected chi connectivity index (χ1v) is 13.0. The summed E-state index contributed by atoms with van der Waals surface area (Å²) in [6.45, 7) is 3.90. The molecule has 13 heteroatoms. The summed E-state index contributed by atoms with van der Waals surface area (Å²) in [5.41, 5.74) is 1.74. The van der Waals surface area contributed by atoms with Gasteiger partial charge in [0.25, 0.3) is 5.56 Å². The Morgan fingerprint density at radius 3 is 2.54 bits per heavy atom. The van der Waals surface area contributed by atoms with Gasteiger partial charge in [-0.2, -0.15) is 5.10 Å². The van der Waals surface area contributed by atoms with Crippen LogP contribution in [0.5, 0.6) is 5.75 Å². The van der Waals surface area contributed by atoms with E-state index >= 15 is 0 Å². The van der Waals surface area contributed by atoms with Crippen LogP contribution >= 0.6 is 34.8 Å². The number of fused-ring (bicyclic) bond motifs is 1. The number of aromatic nitrogens is 6. The van der Waals surface area contributed by atoms with Crippen molar-refractivity contribution in [3.8, 4) is 11.4 Å². The largest absolute Gasteiger partial charge is 0.506 e. The number of nitrogens with one attached hydrogen (secondary N) is 2. The molecule has 3 aromatic heterocycles.